The van der Waals surface area contributed by atoms with Crippen molar-refractivity contribution in [1.29, 1.82) is 0 Å². The van der Waals surface area contributed by atoms with Crippen LogP contribution in [0.4, 0.5) is 5.13 Å². The number of amides is 1. The van der Waals surface area contributed by atoms with Crippen LogP contribution in [0, 0.1) is 0 Å². The van der Waals surface area contributed by atoms with E-state index in [2.05, 4.69) is 38.5 Å². The van der Waals surface area contributed by atoms with Crippen LogP contribution in [0.3, 0.4) is 0 Å². The topological polar surface area (TPSA) is 94.1 Å². The van der Waals surface area contributed by atoms with E-state index in [1.807, 2.05) is 18.2 Å². The fraction of sp³-hybridized carbons (Fsp3) is 0.190. The second-order valence-electron chi connectivity index (χ2n) is 6.34. The predicted molar refractivity (Wildman–Crippen MR) is 125 cm³/mol. The standard InChI is InChI=1S/C21H18N4O3S3/c1-2-28-18(27)8-14-10-30-21(24-14)25-17(26)11-29-19-15-9-16(13-6-4-3-5-7-13)31-20(15)23-12-22-19/h3-7,9-10,12H,2,8,11H2,1H3,(H,24,25,26). The van der Waals surface area contributed by atoms with E-state index in [1.54, 1.807) is 23.6 Å². The SMILES string of the molecule is CCOC(=O)Cc1csc(NC(=O)CSc2ncnc3sc(-c4ccccc4)cc23)n1. The molecule has 31 heavy (non-hydrogen) atoms. The average Bonchev–Trinajstić information content (AvgIpc) is 3.40. The number of thiazole rings is 1. The highest BCUT2D eigenvalue weighted by Crippen LogP contribution is 2.36. The molecular formula is C21H18N4O3S3. The lowest BCUT2D eigenvalue weighted by Gasteiger charge is -2.02. The van der Waals surface area contributed by atoms with Crippen molar-refractivity contribution in [2.75, 3.05) is 17.7 Å². The second-order valence-corrected chi connectivity index (χ2v) is 9.19. The maximum atomic E-state index is 12.4. The van der Waals surface area contributed by atoms with Gasteiger partial charge in [-0.2, -0.15) is 0 Å². The minimum absolute atomic E-state index is 0.0930. The molecule has 0 aliphatic carbocycles. The van der Waals surface area contributed by atoms with E-state index in [0.29, 0.717) is 17.4 Å². The summed E-state index contributed by atoms with van der Waals surface area (Å²) in [5, 5.41) is 6.67. The first-order valence-electron chi connectivity index (χ1n) is 9.45. The highest BCUT2D eigenvalue weighted by atomic mass is 32.2. The molecule has 0 spiro atoms. The Kier molecular flexibility index (Phi) is 6.90. The van der Waals surface area contributed by atoms with Crippen molar-refractivity contribution < 1.29 is 14.3 Å². The number of benzene rings is 1. The molecule has 158 valence electrons. The molecule has 3 aromatic heterocycles. The number of hydrogen-bond donors (Lipinski definition) is 1. The van der Waals surface area contributed by atoms with Gasteiger partial charge in [0.1, 0.15) is 16.2 Å². The van der Waals surface area contributed by atoms with Crippen LogP contribution >= 0.6 is 34.4 Å². The number of nitrogens with zero attached hydrogens (tertiary/aromatic N) is 3. The Bertz CT molecular complexity index is 1210. The number of esters is 1. The minimum atomic E-state index is -0.334. The largest absolute Gasteiger partial charge is 0.466 e. The van der Waals surface area contributed by atoms with Crippen LogP contribution in [0.2, 0.25) is 0 Å². The van der Waals surface area contributed by atoms with Gasteiger partial charge in [0.2, 0.25) is 5.91 Å². The third-order valence-corrected chi connectivity index (χ3v) is 7.02. The van der Waals surface area contributed by atoms with E-state index in [4.69, 9.17) is 4.74 Å². The first-order valence-corrected chi connectivity index (χ1v) is 12.1. The summed E-state index contributed by atoms with van der Waals surface area (Å²) in [6.07, 6.45) is 1.62. The zero-order valence-corrected chi connectivity index (χ0v) is 19.0. The lowest BCUT2D eigenvalue weighted by molar-refractivity contribution is -0.142. The van der Waals surface area contributed by atoms with Gasteiger partial charge in [-0.3, -0.25) is 9.59 Å². The highest BCUT2D eigenvalue weighted by molar-refractivity contribution is 8.00. The monoisotopic (exact) mass is 470 g/mol. The van der Waals surface area contributed by atoms with Crippen molar-refractivity contribution in [1.82, 2.24) is 15.0 Å². The fourth-order valence-electron chi connectivity index (χ4n) is 2.79. The smallest absolute Gasteiger partial charge is 0.311 e. The molecule has 0 bridgehead atoms. The van der Waals surface area contributed by atoms with Crippen LogP contribution in [-0.4, -0.2) is 39.2 Å². The van der Waals surface area contributed by atoms with Gasteiger partial charge in [-0.25, -0.2) is 15.0 Å². The molecule has 0 unspecified atom stereocenters. The summed E-state index contributed by atoms with van der Waals surface area (Å²) >= 11 is 4.24. The number of nitrogens with one attached hydrogen (secondary N) is 1. The summed E-state index contributed by atoms with van der Waals surface area (Å²) in [6, 6.07) is 12.2. The average molecular weight is 471 g/mol. The van der Waals surface area contributed by atoms with Crippen LogP contribution < -0.4 is 5.32 Å². The van der Waals surface area contributed by atoms with Gasteiger partial charge in [0.25, 0.3) is 0 Å². The molecule has 1 aromatic carbocycles. The molecule has 0 radical (unpaired) electrons. The Labute approximate surface area is 190 Å². The van der Waals surface area contributed by atoms with Gasteiger partial charge >= 0.3 is 5.97 Å². The molecule has 0 saturated heterocycles. The molecule has 10 heteroatoms. The molecule has 3 heterocycles. The molecule has 4 rings (SSSR count). The van der Waals surface area contributed by atoms with Gasteiger partial charge < -0.3 is 10.1 Å². The van der Waals surface area contributed by atoms with Crippen LogP contribution in [-0.2, 0) is 20.7 Å². The number of anilines is 1. The summed E-state index contributed by atoms with van der Waals surface area (Å²) in [7, 11) is 0. The van der Waals surface area contributed by atoms with Crippen LogP contribution in [0.25, 0.3) is 20.7 Å². The number of carbonyl (C=O) groups is 2. The number of carbonyl (C=O) groups excluding carboxylic acids is 2. The van der Waals surface area contributed by atoms with E-state index < -0.39 is 0 Å². The quantitative estimate of drug-likeness (QED) is 0.227. The van der Waals surface area contributed by atoms with Gasteiger partial charge in [0.15, 0.2) is 5.13 Å². The Morgan fingerprint density at radius 1 is 1.19 bits per heavy atom. The number of ether oxygens (including phenoxy) is 1. The van der Waals surface area contributed by atoms with Crippen LogP contribution in [0.5, 0.6) is 0 Å². The van der Waals surface area contributed by atoms with E-state index in [9.17, 15) is 9.59 Å². The van der Waals surface area contributed by atoms with E-state index in [0.717, 1.165) is 25.7 Å². The number of hydrogen-bond acceptors (Lipinski definition) is 9. The van der Waals surface area contributed by atoms with Crippen molar-refractivity contribution in [3.63, 3.8) is 0 Å². The molecule has 0 saturated carbocycles. The van der Waals surface area contributed by atoms with Crippen molar-refractivity contribution in [2.24, 2.45) is 0 Å². The van der Waals surface area contributed by atoms with Crippen LogP contribution in [0.15, 0.2) is 53.1 Å². The minimum Gasteiger partial charge on any atom is -0.466 e. The summed E-state index contributed by atoms with van der Waals surface area (Å²) < 4.78 is 4.91. The van der Waals surface area contributed by atoms with Gasteiger partial charge in [-0.1, -0.05) is 42.1 Å². The van der Waals surface area contributed by atoms with Gasteiger partial charge in [-0.15, -0.1) is 22.7 Å². The highest BCUT2D eigenvalue weighted by Gasteiger charge is 2.14. The lowest BCUT2D eigenvalue weighted by Crippen LogP contribution is -2.14. The van der Waals surface area contributed by atoms with E-state index in [1.165, 1.54) is 29.4 Å². The zero-order chi connectivity index (χ0) is 21.6. The number of thioether (sulfide) groups is 1. The van der Waals surface area contributed by atoms with Gasteiger partial charge in [0.05, 0.1) is 24.5 Å². The first-order chi connectivity index (χ1) is 15.1. The molecule has 1 amide bonds. The summed E-state index contributed by atoms with van der Waals surface area (Å²) in [4.78, 5) is 38.9. The number of aromatic nitrogens is 3. The molecule has 0 aliphatic heterocycles. The fourth-order valence-corrected chi connectivity index (χ4v) is 5.36. The van der Waals surface area contributed by atoms with E-state index >= 15 is 0 Å². The number of fused-ring (bicyclic) bond motifs is 1. The van der Waals surface area contributed by atoms with Gasteiger partial charge in [-0.05, 0) is 18.6 Å². The summed E-state index contributed by atoms with van der Waals surface area (Å²) in [5.74, 6) is -0.331. The number of thiophene rings is 1. The van der Waals surface area contributed by atoms with Crippen molar-refractivity contribution in [2.45, 2.75) is 18.4 Å². The van der Waals surface area contributed by atoms with Crippen LogP contribution in [0.1, 0.15) is 12.6 Å². The molecule has 0 aliphatic rings. The number of rotatable bonds is 8. The molecule has 7 nitrogen and oxygen atoms in total. The van der Waals surface area contributed by atoms with Crippen molar-refractivity contribution in [3.05, 3.63) is 53.8 Å². The maximum Gasteiger partial charge on any atom is 0.311 e. The molecule has 1 N–H and O–H groups in total. The lowest BCUT2D eigenvalue weighted by atomic mass is 10.2. The predicted octanol–water partition coefficient (Wildman–Crippen LogP) is 4.65. The summed E-state index contributed by atoms with van der Waals surface area (Å²) in [5.41, 5.74) is 1.71. The third-order valence-electron chi connectivity index (χ3n) is 4.12. The van der Waals surface area contributed by atoms with E-state index in [-0.39, 0.29) is 24.1 Å². The maximum absolute atomic E-state index is 12.4. The molecule has 0 fully saturated rings. The normalized spacial score (nSPS) is 10.9. The first kappa shape index (κ1) is 21.4. The van der Waals surface area contributed by atoms with Crippen molar-refractivity contribution >= 4 is 61.7 Å². The second kappa shape index (κ2) is 9.99. The third kappa shape index (κ3) is 5.46. The summed E-state index contributed by atoms with van der Waals surface area (Å²) in [6.45, 7) is 2.09. The van der Waals surface area contributed by atoms with Crippen molar-refractivity contribution in [3.8, 4) is 10.4 Å². The Morgan fingerprint density at radius 2 is 2.03 bits per heavy atom. The Balaban J connectivity index is 1.39. The Hall–Kier alpha value is -2.82. The van der Waals surface area contributed by atoms with Gasteiger partial charge in [0, 0.05) is 15.6 Å². The molecule has 0 atom stereocenters. The molecular weight excluding hydrogens is 452 g/mol. The zero-order valence-electron chi connectivity index (χ0n) is 16.5. The molecule has 4 aromatic rings. The Morgan fingerprint density at radius 3 is 2.84 bits per heavy atom.